The molecule has 0 aliphatic carbocycles. The van der Waals surface area contributed by atoms with Crippen LogP contribution < -0.4 is 4.72 Å². The van der Waals surface area contributed by atoms with E-state index in [1.54, 1.807) is 13.0 Å². The summed E-state index contributed by atoms with van der Waals surface area (Å²) in [5, 5.41) is 18.4. The molecule has 1 amide bonds. The molecule has 124 valence electrons. The maximum Gasteiger partial charge on any atom is 0.264 e. The van der Waals surface area contributed by atoms with Crippen molar-refractivity contribution in [2.24, 2.45) is 5.41 Å². The number of carbonyl (C=O) groups is 1. The van der Waals surface area contributed by atoms with Crippen LogP contribution in [-0.2, 0) is 14.8 Å². The third-order valence-electron chi connectivity index (χ3n) is 3.64. The maximum absolute atomic E-state index is 12.4. The summed E-state index contributed by atoms with van der Waals surface area (Å²) in [4.78, 5) is 12.1. The molecule has 0 aliphatic heterocycles. The first-order valence-electron chi connectivity index (χ1n) is 6.97. The van der Waals surface area contributed by atoms with E-state index >= 15 is 0 Å². The summed E-state index contributed by atoms with van der Waals surface area (Å²) in [6.07, 6.45) is 0. The number of benzene rings is 1. The molecule has 0 unspecified atom stereocenters. The van der Waals surface area contributed by atoms with Gasteiger partial charge in [-0.05, 0) is 37.0 Å². The van der Waals surface area contributed by atoms with E-state index in [2.05, 4.69) is 0 Å². The van der Waals surface area contributed by atoms with Gasteiger partial charge in [0.15, 0.2) is 0 Å². The average Bonchev–Trinajstić information content (AvgIpc) is 2.45. The zero-order chi connectivity index (χ0) is 17.1. The molecule has 1 rings (SSSR count). The minimum atomic E-state index is -4.07. The first kappa shape index (κ1) is 18.6. The van der Waals surface area contributed by atoms with Gasteiger partial charge in [-0.15, -0.1) is 0 Å². The van der Waals surface area contributed by atoms with E-state index in [0.29, 0.717) is 5.56 Å². The highest BCUT2D eigenvalue weighted by Crippen LogP contribution is 2.23. The van der Waals surface area contributed by atoms with Crippen molar-refractivity contribution in [1.82, 2.24) is 4.72 Å². The molecule has 3 N–H and O–H groups in total. The van der Waals surface area contributed by atoms with Crippen molar-refractivity contribution in [3.8, 4) is 0 Å². The van der Waals surface area contributed by atoms with E-state index < -0.39 is 34.6 Å². The average molecular weight is 329 g/mol. The van der Waals surface area contributed by atoms with Crippen LogP contribution >= 0.6 is 0 Å². The van der Waals surface area contributed by atoms with Crippen LogP contribution in [0, 0.1) is 12.3 Å². The number of aliphatic hydroxyl groups is 2. The first-order valence-corrected chi connectivity index (χ1v) is 8.45. The van der Waals surface area contributed by atoms with E-state index in [0.717, 1.165) is 5.56 Å². The van der Waals surface area contributed by atoms with Gasteiger partial charge in [-0.2, -0.15) is 0 Å². The molecule has 1 aromatic rings. The Balaban J connectivity index is 3.20. The molecule has 0 aliphatic rings. The van der Waals surface area contributed by atoms with Gasteiger partial charge in [-0.25, -0.2) is 13.1 Å². The Kier molecular flexibility index (Phi) is 5.72. The van der Waals surface area contributed by atoms with Crippen LogP contribution in [0.2, 0.25) is 0 Å². The summed E-state index contributed by atoms with van der Waals surface area (Å²) in [6, 6.07) is 5.06. The van der Waals surface area contributed by atoms with Gasteiger partial charge in [0, 0.05) is 0 Å². The Bertz CT molecular complexity index is 648. The Labute approximate surface area is 131 Å². The van der Waals surface area contributed by atoms with Crippen LogP contribution in [0.3, 0.4) is 0 Å². The van der Waals surface area contributed by atoms with Crippen molar-refractivity contribution in [1.29, 1.82) is 0 Å². The second-order valence-electron chi connectivity index (χ2n) is 5.99. The predicted molar refractivity (Wildman–Crippen MR) is 82.9 cm³/mol. The number of hydrogen-bond donors (Lipinski definition) is 3. The van der Waals surface area contributed by atoms with Crippen molar-refractivity contribution in [2.45, 2.75) is 38.5 Å². The third-order valence-corrected chi connectivity index (χ3v) is 5.11. The molecule has 0 atom stereocenters. The van der Waals surface area contributed by atoms with E-state index in [1.165, 1.54) is 13.0 Å². The number of aryl methyl sites for hydroxylation is 1. The summed E-state index contributed by atoms with van der Waals surface area (Å²) in [5.41, 5.74) is -0.207. The number of sulfonamides is 1. The Morgan fingerprint density at radius 1 is 1.27 bits per heavy atom. The van der Waals surface area contributed by atoms with Crippen LogP contribution in [0.25, 0.3) is 0 Å². The number of hydrogen-bond acceptors (Lipinski definition) is 5. The monoisotopic (exact) mass is 329 g/mol. The van der Waals surface area contributed by atoms with Gasteiger partial charge >= 0.3 is 0 Å². The van der Waals surface area contributed by atoms with E-state index in [9.17, 15) is 23.4 Å². The van der Waals surface area contributed by atoms with E-state index in [4.69, 9.17) is 0 Å². The second kappa shape index (κ2) is 6.76. The van der Waals surface area contributed by atoms with Gasteiger partial charge in [0.25, 0.3) is 10.0 Å². The molecule has 6 nitrogen and oxygen atoms in total. The summed E-state index contributed by atoms with van der Waals surface area (Å²) in [7, 11) is -4.07. The van der Waals surface area contributed by atoms with Gasteiger partial charge in [-0.1, -0.05) is 26.0 Å². The Morgan fingerprint density at radius 2 is 1.82 bits per heavy atom. The fraction of sp³-hybridized carbons (Fsp3) is 0.533. The van der Waals surface area contributed by atoms with E-state index in [-0.39, 0.29) is 10.8 Å². The largest absolute Gasteiger partial charge is 0.395 e. The van der Waals surface area contributed by atoms with Crippen molar-refractivity contribution in [3.63, 3.8) is 0 Å². The minimum Gasteiger partial charge on any atom is -0.395 e. The third kappa shape index (κ3) is 3.85. The van der Waals surface area contributed by atoms with Crippen LogP contribution in [0.4, 0.5) is 0 Å². The SMILES string of the molecule is Cc1ccc(C(C)C)cc1S(=O)(=O)NC(=O)C(C)(CO)CO. The van der Waals surface area contributed by atoms with Crippen molar-refractivity contribution in [2.75, 3.05) is 13.2 Å². The Morgan fingerprint density at radius 3 is 2.27 bits per heavy atom. The quantitative estimate of drug-likeness (QED) is 0.720. The molecule has 1 aromatic carbocycles. The molecule has 0 saturated carbocycles. The molecular weight excluding hydrogens is 306 g/mol. The highest BCUT2D eigenvalue weighted by molar-refractivity contribution is 7.90. The topological polar surface area (TPSA) is 104 Å². The van der Waals surface area contributed by atoms with Gasteiger partial charge in [-0.3, -0.25) is 4.79 Å². The van der Waals surface area contributed by atoms with Gasteiger partial charge in [0.1, 0.15) is 0 Å². The zero-order valence-electron chi connectivity index (χ0n) is 13.3. The molecule has 0 spiro atoms. The highest BCUT2D eigenvalue weighted by atomic mass is 32.2. The number of rotatable bonds is 6. The van der Waals surface area contributed by atoms with Crippen LogP contribution in [0.5, 0.6) is 0 Å². The number of carbonyl (C=O) groups excluding carboxylic acids is 1. The predicted octanol–water partition coefficient (Wildman–Crippen LogP) is 0.914. The lowest BCUT2D eigenvalue weighted by molar-refractivity contribution is -0.132. The lowest BCUT2D eigenvalue weighted by Crippen LogP contribution is -2.46. The fourth-order valence-corrected chi connectivity index (χ4v) is 3.14. The van der Waals surface area contributed by atoms with Crippen LogP contribution in [0.15, 0.2) is 23.1 Å². The van der Waals surface area contributed by atoms with Crippen LogP contribution in [-0.4, -0.2) is 37.8 Å². The zero-order valence-corrected chi connectivity index (χ0v) is 14.1. The summed E-state index contributed by atoms with van der Waals surface area (Å²) in [6.45, 7) is 5.49. The molecule has 0 aromatic heterocycles. The molecule has 0 fully saturated rings. The summed E-state index contributed by atoms with van der Waals surface area (Å²) in [5.74, 6) is -0.794. The van der Waals surface area contributed by atoms with Crippen molar-refractivity contribution >= 4 is 15.9 Å². The Hall–Kier alpha value is -1.44. The summed E-state index contributed by atoms with van der Waals surface area (Å²) < 4.78 is 26.8. The number of aliphatic hydroxyl groups excluding tert-OH is 2. The van der Waals surface area contributed by atoms with Crippen LogP contribution in [0.1, 0.15) is 37.8 Å². The molecule has 0 heterocycles. The summed E-state index contributed by atoms with van der Waals surface area (Å²) >= 11 is 0. The molecule has 22 heavy (non-hydrogen) atoms. The molecular formula is C15H23NO5S. The molecule has 0 saturated heterocycles. The highest BCUT2D eigenvalue weighted by Gasteiger charge is 2.35. The lowest BCUT2D eigenvalue weighted by atomic mass is 9.92. The van der Waals surface area contributed by atoms with Gasteiger partial charge < -0.3 is 10.2 Å². The second-order valence-corrected chi connectivity index (χ2v) is 7.64. The van der Waals surface area contributed by atoms with E-state index in [1.807, 2.05) is 24.6 Å². The first-order chi connectivity index (χ1) is 10.1. The molecule has 0 radical (unpaired) electrons. The smallest absolute Gasteiger partial charge is 0.264 e. The van der Waals surface area contributed by atoms with Crippen molar-refractivity contribution < 1.29 is 23.4 Å². The number of nitrogens with one attached hydrogen (secondary N) is 1. The number of amides is 1. The standard InChI is InChI=1S/C15H23NO5S/c1-10(2)12-6-5-11(3)13(7-12)22(20,21)16-14(19)15(4,8-17)9-18/h5-7,10,17-18H,8-9H2,1-4H3,(H,16,19). The van der Waals surface area contributed by atoms with Gasteiger partial charge in [0.05, 0.1) is 23.5 Å². The molecule has 0 bridgehead atoms. The lowest BCUT2D eigenvalue weighted by Gasteiger charge is -2.23. The minimum absolute atomic E-state index is 0.0188. The maximum atomic E-state index is 12.4. The fourth-order valence-electron chi connectivity index (χ4n) is 1.76. The van der Waals surface area contributed by atoms with Gasteiger partial charge in [0.2, 0.25) is 5.91 Å². The molecule has 7 heteroatoms. The van der Waals surface area contributed by atoms with Crippen molar-refractivity contribution in [3.05, 3.63) is 29.3 Å². The normalized spacial score (nSPS) is 12.5.